The number of nitrogens with zero attached hydrogens (tertiary/aromatic N) is 3. The van der Waals surface area contributed by atoms with Crippen LogP contribution in [0.25, 0.3) is 0 Å². The van der Waals surface area contributed by atoms with E-state index in [4.69, 9.17) is 24.0 Å². The van der Waals surface area contributed by atoms with Crippen molar-refractivity contribution < 1.29 is 28.5 Å². The van der Waals surface area contributed by atoms with E-state index < -0.39 is 0 Å². The molecule has 0 unspecified atom stereocenters. The number of benzene rings is 2. The lowest BCUT2D eigenvalue weighted by Gasteiger charge is -2.27. The Kier molecular flexibility index (Phi) is 10.1. The Bertz CT molecular complexity index is 1090. The van der Waals surface area contributed by atoms with E-state index in [0.29, 0.717) is 31.1 Å². The predicted octanol–water partition coefficient (Wildman–Crippen LogP) is 3.46. The molecule has 0 fully saturated rings. The lowest BCUT2D eigenvalue weighted by molar-refractivity contribution is -0.133. The van der Waals surface area contributed by atoms with Crippen LogP contribution >= 0.6 is 0 Å². The van der Waals surface area contributed by atoms with Crippen molar-refractivity contribution in [2.24, 2.45) is 5.10 Å². The van der Waals surface area contributed by atoms with Gasteiger partial charge in [-0.05, 0) is 53.9 Å². The molecule has 1 N–H and O–H groups in total. The fraction of sp³-hybridized carbons (Fsp3) is 0.444. The molecule has 0 aliphatic carbocycles. The standard InChI is InChI=1S/C27H36N4O6/c1-6-13-28-27(33)30(14-15-34-2)18-26(32)31-23(20-9-12-24(36-4)25(16-20)37-5)17-22(29-31)19-7-10-21(35-3)11-8-19/h7-12,16,23H,6,13-15,17-18H2,1-5H3,(H,28,33)/t23-/m0/s1. The van der Waals surface area contributed by atoms with Gasteiger partial charge in [-0.1, -0.05) is 13.0 Å². The summed E-state index contributed by atoms with van der Waals surface area (Å²) in [5.74, 6) is 1.59. The largest absolute Gasteiger partial charge is 0.497 e. The summed E-state index contributed by atoms with van der Waals surface area (Å²) in [6, 6.07) is 12.4. The first-order valence-electron chi connectivity index (χ1n) is 12.2. The summed E-state index contributed by atoms with van der Waals surface area (Å²) in [5.41, 5.74) is 2.49. The minimum atomic E-state index is -0.382. The zero-order valence-corrected chi connectivity index (χ0v) is 22.2. The van der Waals surface area contributed by atoms with Crippen molar-refractivity contribution in [2.75, 3.05) is 54.7 Å². The maximum absolute atomic E-state index is 13.6. The zero-order chi connectivity index (χ0) is 26.8. The summed E-state index contributed by atoms with van der Waals surface area (Å²) in [6.07, 6.45) is 1.29. The predicted molar refractivity (Wildman–Crippen MR) is 140 cm³/mol. The molecule has 3 rings (SSSR count). The Morgan fingerprint density at radius 3 is 2.38 bits per heavy atom. The maximum Gasteiger partial charge on any atom is 0.317 e. The molecule has 3 amide bonds. The van der Waals surface area contributed by atoms with Gasteiger partial charge < -0.3 is 29.2 Å². The number of carbonyl (C=O) groups is 2. The van der Waals surface area contributed by atoms with Crippen LogP contribution < -0.4 is 19.5 Å². The molecular formula is C27H36N4O6. The number of methoxy groups -OCH3 is 4. The van der Waals surface area contributed by atoms with Gasteiger partial charge in [0.1, 0.15) is 12.3 Å². The van der Waals surface area contributed by atoms with E-state index in [0.717, 1.165) is 29.0 Å². The number of urea groups is 1. The smallest absolute Gasteiger partial charge is 0.317 e. The third-order valence-electron chi connectivity index (χ3n) is 6.09. The van der Waals surface area contributed by atoms with Gasteiger partial charge in [0, 0.05) is 26.6 Å². The molecule has 2 aromatic rings. The van der Waals surface area contributed by atoms with Crippen molar-refractivity contribution >= 4 is 17.6 Å². The van der Waals surface area contributed by atoms with Crippen LogP contribution in [-0.4, -0.2) is 82.2 Å². The van der Waals surface area contributed by atoms with E-state index in [-0.39, 0.29) is 31.1 Å². The van der Waals surface area contributed by atoms with E-state index >= 15 is 0 Å². The van der Waals surface area contributed by atoms with Crippen LogP contribution in [0.5, 0.6) is 17.2 Å². The maximum atomic E-state index is 13.6. The van der Waals surface area contributed by atoms with Crippen LogP contribution in [0.15, 0.2) is 47.6 Å². The highest BCUT2D eigenvalue weighted by Gasteiger charge is 2.35. The van der Waals surface area contributed by atoms with Crippen LogP contribution in [0.3, 0.4) is 0 Å². The van der Waals surface area contributed by atoms with Gasteiger partial charge >= 0.3 is 6.03 Å². The third-order valence-corrected chi connectivity index (χ3v) is 6.09. The molecule has 0 bridgehead atoms. The van der Waals surface area contributed by atoms with E-state index in [1.807, 2.05) is 49.4 Å². The number of amides is 3. The minimum absolute atomic E-state index is 0.137. The number of ether oxygens (including phenoxy) is 4. The molecule has 200 valence electrons. The van der Waals surface area contributed by atoms with Gasteiger partial charge in [0.15, 0.2) is 11.5 Å². The summed E-state index contributed by atoms with van der Waals surface area (Å²) < 4.78 is 21.3. The molecule has 0 saturated carbocycles. The quantitative estimate of drug-likeness (QED) is 0.467. The first-order valence-corrected chi connectivity index (χ1v) is 12.2. The zero-order valence-electron chi connectivity index (χ0n) is 22.2. The van der Waals surface area contributed by atoms with Crippen molar-refractivity contribution in [3.8, 4) is 17.2 Å². The van der Waals surface area contributed by atoms with Gasteiger partial charge in [-0.15, -0.1) is 0 Å². The number of rotatable bonds is 12. The van der Waals surface area contributed by atoms with Gasteiger partial charge in [0.05, 0.1) is 39.7 Å². The van der Waals surface area contributed by atoms with Gasteiger partial charge in [-0.2, -0.15) is 5.10 Å². The van der Waals surface area contributed by atoms with Crippen molar-refractivity contribution in [3.05, 3.63) is 53.6 Å². The number of hydrazone groups is 1. The van der Waals surface area contributed by atoms with E-state index in [1.54, 1.807) is 28.4 Å². The number of nitrogens with one attached hydrogen (secondary N) is 1. The van der Waals surface area contributed by atoms with Crippen LogP contribution in [0.1, 0.15) is 36.9 Å². The lowest BCUT2D eigenvalue weighted by Crippen LogP contribution is -2.47. The summed E-state index contributed by atoms with van der Waals surface area (Å²) in [5, 5.41) is 9.02. The monoisotopic (exact) mass is 512 g/mol. The minimum Gasteiger partial charge on any atom is -0.497 e. The molecule has 0 spiro atoms. The fourth-order valence-electron chi connectivity index (χ4n) is 4.05. The molecule has 10 nitrogen and oxygen atoms in total. The SMILES string of the molecule is CCCNC(=O)N(CCOC)CC(=O)N1N=C(c2ccc(OC)cc2)C[C@H]1c1ccc(OC)c(OC)c1. The normalized spacial score (nSPS) is 14.7. The Morgan fingerprint density at radius 1 is 1.03 bits per heavy atom. The average Bonchev–Trinajstić information content (AvgIpc) is 3.39. The summed E-state index contributed by atoms with van der Waals surface area (Å²) in [6.45, 7) is 2.95. The van der Waals surface area contributed by atoms with Crippen LogP contribution in [0.2, 0.25) is 0 Å². The highest BCUT2D eigenvalue weighted by molar-refractivity contribution is 6.03. The van der Waals surface area contributed by atoms with Crippen molar-refractivity contribution in [2.45, 2.75) is 25.8 Å². The highest BCUT2D eigenvalue weighted by atomic mass is 16.5. The molecule has 0 saturated heterocycles. The van der Waals surface area contributed by atoms with Gasteiger partial charge in [-0.25, -0.2) is 9.80 Å². The molecule has 37 heavy (non-hydrogen) atoms. The van der Waals surface area contributed by atoms with E-state index in [9.17, 15) is 9.59 Å². The molecule has 1 heterocycles. The number of hydrogen-bond donors (Lipinski definition) is 1. The Labute approximate surface area is 218 Å². The van der Waals surface area contributed by atoms with Gasteiger partial charge in [-0.3, -0.25) is 4.79 Å². The second-order valence-electron chi connectivity index (χ2n) is 8.49. The van der Waals surface area contributed by atoms with Crippen LogP contribution in [-0.2, 0) is 9.53 Å². The first kappa shape index (κ1) is 27.8. The van der Waals surface area contributed by atoms with Crippen molar-refractivity contribution in [3.63, 3.8) is 0 Å². The van der Waals surface area contributed by atoms with Gasteiger partial charge in [0.2, 0.25) is 0 Å². The average molecular weight is 513 g/mol. The summed E-state index contributed by atoms with van der Waals surface area (Å²) >= 11 is 0. The number of hydrogen-bond acceptors (Lipinski definition) is 7. The lowest BCUT2D eigenvalue weighted by atomic mass is 9.98. The Balaban J connectivity index is 1.93. The third kappa shape index (κ3) is 6.91. The van der Waals surface area contributed by atoms with E-state index in [1.165, 1.54) is 9.91 Å². The molecule has 0 aromatic heterocycles. The Morgan fingerprint density at radius 2 is 1.76 bits per heavy atom. The van der Waals surface area contributed by atoms with Gasteiger partial charge in [0.25, 0.3) is 5.91 Å². The molecular weight excluding hydrogens is 476 g/mol. The molecule has 10 heteroatoms. The highest BCUT2D eigenvalue weighted by Crippen LogP contribution is 2.37. The molecule has 0 radical (unpaired) electrons. The first-order chi connectivity index (χ1) is 17.9. The van der Waals surface area contributed by atoms with Crippen molar-refractivity contribution in [1.82, 2.24) is 15.2 Å². The second-order valence-corrected chi connectivity index (χ2v) is 8.49. The topological polar surface area (TPSA) is 102 Å². The second kappa shape index (κ2) is 13.5. The molecule has 2 aromatic carbocycles. The van der Waals surface area contributed by atoms with Crippen LogP contribution in [0.4, 0.5) is 4.79 Å². The molecule has 1 atom stereocenters. The summed E-state index contributed by atoms with van der Waals surface area (Å²) in [7, 11) is 6.32. The fourth-order valence-corrected chi connectivity index (χ4v) is 4.05. The molecule has 1 aliphatic heterocycles. The Hall–Kier alpha value is -3.79. The number of carbonyl (C=O) groups excluding carboxylic acids is 2. The van der Waals surface area contributed by atoms with E-state index in [2.05, 4.69) is 5.32 Å². The van der Waals surface area contributed by atoms with Crippen molar-refractivity contribution in [1.29, 1.82) is 0 Å². The molecule has 1 aliphatic rings. The van der Waals surface area contributed by atoms with Crippen LogP contribution in [0, 0.1) is 0 Å². The summed E-state index contributed by atoms with van der Waals surface area (Å²) in [4.78, 5) is 27.8.